The third-order valence-electron chi connectivity index (χ3n) is 2.13. The molecule has 2 aromatic rings. The second-order valence-corrected chi connectivity index (χ2v) is 3.62. The molecule has 0 bridgehead atoms. The highest BCUT2D eigenvalue weighted by atomic mass is 16.1. The Kier molecular flexibility index (Phi) is 2.73. The van der Waals surface area contributed by atoms with E-state index in [9.17, 15) is 9.59 Å². The number of carbonyl (C=O) groups is 1. The zero-order chi connectivity index (χ0) is 12.4. The smallest absolute Gasteiger partial charge is 0.251 e. The summed E-state index contributed by atoms with van der Waals surface area (Å²) in [7, 11) is 1.76. The fourth-order valence-corrected chi connectivity index (χ4v) is 1.46. The molecule has 0 spiro atoms. The van der Waals surface area contributed by atoms with Gasteiger partial charge in [0.25, 0.3) is 5.56 Å². The Hall–Kier alpha value is -2.44. The van der Waals surface area contributed by atoms with E-state index >= 15 is 0 Å². The molecular formula is C10H11N5O2. The third-order valence-corrected chi connectivity index (χ3v) is 2.13. The number of aromatic amines is 1. The van der Waals surface area contributed by atoms with Crippen LogP contribution in [0.25, 0.3) is 11.3 Å². The molecule has 0 saturated heterocycles. The van der Waals surface area contributed by atoms with Gasteiger partial charge in [-0.1, -0.05) is 0 Å². The fourth-order valence-electron chi connectivity index (χ4n) is 1.46. The third kappa shape index (κ3) is 2.57. The van der Waals surface area contributed by atoms with Crippen LogP contribution in [0.3, 0.4) is 0 Å². The topological polar surface area (TPSA) is 107 Å². The standard InChI is InChI=1S/C10H11N5O2/c1-15-5-6(4-12-15)7-2-10(17)14-9(13-7)3-8(11)16/h2,4-5H,3H2,1H3,(H2,11,16)(H,13,14,17). The van der Waals surface area contributed by atoms with Crippen LogP contribution in [0.5, 0.6) is 0 Å². The first kappa shape index (κ1) is 11.1. The highest BCUT2D eigenvalue weighted by Gasteiger charge is 2.07. The summed E-state index contributed by atoms with van der Waals surface area (Å²) in [5.41, 5.74) is 5.91. The van der Waals surface area contributed by atoms with Crippen LogP contribution in [0, 0.1) is 0 Å². The van der Waals surface area contributed by atoms with Gasteiger partial charge in [0.2, 0.25) is 5.91 Å². The van der Waals surface area contributed by atoms with Crippen molar-refractivity contribution in [1.82, 2.24) is 19.7 Å². The van der Waals surface area contributed by atoms with Crippen LogP contribution >= 0.6 is 0 Å². The van der Waals surface area contributed by atoms with Crippen LogP contribution in [-0.4, -0.2) is 25.7 Å². The summed E-state index contributed by atoms with van der Waals surface area (Å²) >= 11 is 0. The number of nitrogens with one attached hydrogen (secondary N) is 1. The number of rotatable bonds is 3. The molecule has 7 heteroatoms. The number of hydrogen-bond acceptors (Lipinski definition) is 4. The van der Waals surface area contributed by atoms with Gasteiger partial charge in [0.1, 0.15) is 5.82 Å². The van der Waals surface area contributed by atoms with Crippen LogP contribution in [0.2, 0.25) is 0 Å². The summed E-state index contributed by atoms with van der Waals surface area (Å²) in [5.74, 6) is -0.291. The van der Waals surface area contributed by atoms with Crippen molar-refractivity contribution < 1.29 is 4.79 Å². The Labute approximate surface area is 96.3 Å². The maximum Gasteiger partial charge on any atom is 0.251 e. The van der Waals surface area contributed by atoms with Crippen molar-refractivity contribution in [1.29, 1.82) is 0 Å². The van der Waals surface area contributed by atoms with Gasteiger partial charge in [-0.3, -0.25) is 14.3 Å². The van der Waals surface area contributed by atoms with Gasteiger partial charge < -0.3 is 10.7 Å². The van der Waals surface area contributed by atoms with E-state index in [1.165, 1.54) is 6.07 Å². The van der Waals surface area contributed by atoms with E-state index in [-0.39, 0.29) is 17.8 Å². The molecule has 0 fully saturated rings. The first-order valence-corrected chi connectivity index (χ1v) is 4.92. The van der Waals surface area contributed by atoms with E-state index in [0.717, 1.165) is 0 Å². The van der Waals surface area contributed by atoms with Crippen molar-refractivity contribution in [3.63, 3.8) is 0 Å². The maximum atomic E-state index is 11.4. The van der Waals surface area contributed by atoms with Crippen LogP contribution in [0.1, 0.15) is 5.82 Å². The molecule has 0 aromatic carbocycles. The molecule has 0 aliphatic rings. The molecule has 0 saturated carbocycles. The molecule has 0 radical (unpaired) electrons. The second-order valence-electron chi connectivity index (χ2n) is 3.62. The predicted molar refractivity (Wildman–Crippen MR) is 60.0 cm³/mol. The average molecular weight is 233 g/mol. The normalized spacial score (nSPS) is 10.4. The Morgan fingerprint density at radius 3 is 2.94 bits per heavy atom. The van der Waals surface area contributed by atoms with E-state index in [4.69, 9.17) is 5.73 Å². The Balaban J connectivity index is 2.44. The molecule has 0 unspecified atom stereocenters. The molecule has 3 N–H and O–H groups in total. The van der Waals surface area contributed by atoms with Gasteiger partial charge >= 0.3 is 0 Å². The minimum absolute atomic E-state index is 0.0939. The van der Waals surface area contributed by atoms with E-state index < -0.39 is 5.91 Å². The van der Waals surface area contributed by atoms with E-state index in [2.05, 4.69) is 15.1 Å². The number of aromatic nitrogens is 4. The SMILES string of the molecule is Cn1cc(-c2cc(=O)[nH]c(CC(N)=O)n2)cn1. The van der Waals surface area contributed by atoms with Gasteiger partial charge in [0.15, 0.2) is 0 Å². The van der Waals surface area contributed by atoms with E-state index in [1.807, 2.05) is 0 Å². The van der Waals surface area contributed by atoms with Gasteiger partial charge in [-0.25, -0.2) is 4.98 Å². The number of hydrogen-bond donors (Lipinski definition) is 2. The zero-order valence-corrected chi connectivity index (χ0v) is 9.17. The number of carbonyl (C=O) groups excluding carboxylic acids is 1. The van der Waals surface area contributed by atoms with Crippen LogP contribution in [-0.2, 0) is 18.3 Å². The molecule has 7 nitrogen and oxygen atoms in total. The molecule has 88 valence electrons. The minimum atomic E-state index is -0.545. The Morgan fingerprint density at radius 1 is 1.59 bits per heavy atom. The number of amides is 1. The zero-order valence-electron chi connectivity index (χ0n) is 9.17. The largest absolute Gasteiger partial charge is 0.369 e. The molecule has 2 rings (SSSR count). The quantitative estimate of drug-likeness (QED) is 0.723. The monoisotopic (exact) mass is 233 g/mol. The number of H-pyrrole nitrogens is 1. The van der Waals surface area contributed by atoms with E-state index in [1.54, 1.807) is 24.1 Å². The van der Waals surface area contributed by atoms with Crippen molar-refractivity contribution in [2.24, 2.45) is 12.8 Å². The highest BCUT2D eigenvalue weighted by Crippen LogP contribution is 2.13. The summed E-state index contributed by atoms with van der Waals surface area (Å²) in [5, 5.41) is 3.99. The summed E-state index contributed by atoms with van der Waals surface area (Å²) in [6.07, 6.45) is 3.23. The lowest BCUT2D eigenvalue weighted by atomic mass is 10.2. The number of nitrogens with zero attached hydrogens (tertiary/aromatic N) is 3. The van der Waals surface area contributed by atoms with Gasteiger partial charge in [0.05, 0.1) is 18.3 Å². The fraction of sp³-hybridized carbons (Fsp3) is 0.200. The Bertz CT molecular complexity index is 613. The maximum absolute atomic E-state index is 11.4. The van der Waals surface area contributed by atoms with Crippen molar-refractivity contribution in [3.8, 4) is 11.3 Å². The second kappa shape index (κ2) is 4.20. The van der Waals surface area contributed by atoms with Gasteiger partial charge in [-0.2, -0.15) is 5.10 Å². The van der Waals surface area contributed by atoms with Crippen LogP contribution < -0.4 is 11.3 Å². The number of aryl methyl sites for hydroxylation is 1. The molecule has 2 heterocycles. The predicted octanol–water partition coefficient (Wildman–Crippen LogP) is -0.802. The molecule has 0 atom stereocenters. The van der Waals surface area contributed by atoms with Gasteiger partial charge in [-0.05, 0) is 0 Å². The highest BCUT2D eigenvalue weighted by molar-refractivity contribution is 5.75. The molecule has 0 aliphatic carbocycles. The molecule has 17 heavy (non-hydrogen) atoms. The Morgan fingerprint density at radius 2 is 2.35 bits per heavy atom. The van der Waals surface area contributed by atoms with Crippen molar-refractivity contribution in [3.05, 3.63) is 34.6 Å². The van der Waals surface area contributed by atoms with Crippen LogP contribution in [0.15, 0.2) is 23.3 Å². The summed E-state index contributed by atoms with van der Waals surface area (Å²) < 4.78 is 1.60. The first-order valence-electron chi connectivity index (χ1n) is 4.92. The average Bonchev–Trinajstić information content (AvgIpc) is 2.62. The molecule has 1 amide bonds. The molecular weight excluding hydrogens is 222 g/mol. The molecule has 2 aromatic heterocycles. The van der Waals surface area contributed by atoms with Gasteiger partial charge in [-0.15, -0.1) is 0 Å². The molecule has 0 aliphatic heterocycles. The lowest BCUT2D eigenvalue weighted by Gasteiger charge is -2.00. The number of nitrogens with two attached hydrogens (primary N) is 1. The van der Waals surface area contributed by atoms with Gasteiger partial charge in [0, 0.05) is 24.9 Å². The van der Waals surface area contributed by atoms with Crippen molar-refractivity contribution >= 4 is 5.91 Å². The summed E-state index contributed by atoms with van der Waals surface area (Å²) in [6.45, 7) is 0. The van der Waals surface area contributed by atoms with Crippen molar-refractivity contribution in [2.45, 2.75) is 6.42 Å². The van der Waals surface area contributed by atoms with E-state index in [0.29, 0.717) is 11.3 Å². The van der Waals surface area contributed by atoms with Crippen LogP contribution in [0.4, 0.5) is 0 Å². The lowest BCUT2D eigenvalue weighted by molar-refractivity contribution is -0.117. The van der Waals surface area contributed by atoms with Crippen molar-refractivity contribution in [2.75, 3.05) is 0 Å². The summed E-state index contributed by atoms with van der Waals surface area (Å²) in [4.78, 5) is 28.8. The first-order chi connectivity index (χ1) is 8.04. The number of primary amides is 1. The minimum Gasteiger partial charge on any atom is -0.369 e. The lowest BCUT2D eigenvalue weighted by Crippen LogP contribution is -2.19. The summed E-state index contributed by atoms with van der Waals surface area (Å²) in [6, 6.07) is 1.35.